The molecule has 2 aromatic rings. The molecule has 2 N–H and O–H groups in total. The molecule has 14 heavy (non-hydrogen) atoms. The third-order valence-corrected chi connectivity index (χ3v) is 1.98. The van der Waals surface area contributed by atoms with Crippen molar-refractivity contribution >= 4 is 0 Å². The second-order valence-electron chi connectivity index (χ2n) is 2.91. The summed E-state index contributed by atoms with van der Waals surface area (Å²) in [6.45, 7) is 0.597. The Morgan fingerprint density at radius 3 is 3.00 bits per heavy atom. The van der Waals surface area contributed by atoms with E-state index in [9.17, 15) is 0 Å². The van der Waals surface area contributed by atoms with Crippen LogP contribution in [-0.4, -0.2) is 16.5 Å². The largest absolute Gasteiger partial charge is 0.445 e. The normalized spacial score (nSPS) is 10.4. The molecule has 4 nitrogen and oxygen atoms in total. The van der Waals surface area contributed by atoms with E-state index in [1.165, 1.54) is 0 Å². The maximum atomic E-state index is 5.50. The van der Waals surface area contributed by atoms with Crippen LogP contribution in [0.1, 0.15) is 5.56 Å². The van der Waals surface area contributed by atoms with E-state index in [0.29, 0.717) is 12.4 Å². The van der Waals surface area contributed by atoms with Crippen molar-refractivity contribution in [1.29, 1.82) is 0 Å². The van der Waals surface area contributed by atoms with Crippen molar-refractivity contribution in [3.63, 3.8) is 0 Å². The van der Waals surface area contributed by atoms with Gasteiger partial charge < -0.3 is 10.2 Å². The number of nitrogens with zero attached hydrogens (tertiary/aromatic N) is 2. The SMILES string of the molecule is NCCc1cnccc1-c1ncco1. The number of nitrogens with two attached hydrogens (primary N) is 1. The molecule has 2 heterocycles. The Balaban J connectivity index is 2.42. The topological polar surface area (TPSA) is 64.9 Å². The average molecular weight is 189 g/mol. The van der Waals surface area contributed by atoms with E-state index in [-0.39, 0.29) is 0 Å². The highest BCUT2D eigenvalue weighted by Gasteiger charge is 2.07. The predicted octanol–water partition coefficient (Wildman–Crippen LogP) is 1.24. The monoisotopic (exact) mass is 189 g/mol. The second-order valence-corrected chi connectivity index (χ2v) is 2.91. The van der Waals surface area contributed by atoms with Gasteiger partial charge in [-0.05, 0) is 24.6 Å². The summed E-state index contributed by atoms with van der Waals surface area (Å²) in [6, 6.07) is 1.89. The second kappa shape index (κ2) is 4.02. The van der Waals surface area contributed by atoms with Crippen molar-refractivity contribution in [1.82, 2.24) is 9.97 Å². The van der Waals surface area contributed by atoms with Crippen molar-refractivity contribution in [3.8, 4) is 11.5 Å². The summed E-state index contributed by atoms with van der Waals surface area (Å²) in [5.74, 6) is 0.621. The molecule has 0 aliphatic carbocycles. The summed E-state index contributed by atoms with van der Waals surface area (Å²) >= 11 is 0. The van der Waals surface area contributed by atoms with Crippen LogP contribution in [0.2, 0.25) is 0 Å². The molecule has 0 aliphatic heterocycles. The van der Waals surface area contributed by atoms with Gasteiger partial charge in [0.25, 0.3) is 0 Å². The minimum atomic E-state index is 0.597. The third-order valence-electron chi connectivity index (χ3n) is 1.98. The summed E-state index contributed by atoms with van der Waals surface area (Å²) in [7, 11) is 0. The number of pyridine rings is 1. The van der Waals surface area contributed by atoms with Gasteiger partial charge in [-0.15, -0.1) is 0 Å². The van der Waals surface area contributed by atoms with Crippen LogP contribution in [0.25, 0.3) is 11.5 Å². The Hall–Kier alpha value is -1.68. The average Bonchev–Trinajstić information content (AvgIpc) is 2.72. The lowest BCUT2D eigenvalue weighted by molar-refractivity contribution is 0.573. The minimum absolute atomic E-state index is 0.597. The Morgan fingerprint density at radius 1 is 1.36 bits per heavy atom. The molecular formula is C10H11N3O. The zero-order chi connectivity index (χ0) is 9.80. The van der Waals surface area contributed by atoms with Gasteiger partial charge in [0, 0.05) is 18.0 Å². The molecule has 4 heteroatoms. The van der Waals surface area contributed by atoms with E-state index >= 15 is 0 Å². The zero-order valence-corrected chi connectivity index (χ0v) is 7.68. The molecule has 0 unspecified atom stereocenters. The fourth-order valence-electron chi connectivity index (χ4n) is 1.35. The quantitative estimate of drug-likeness (QED) is 0.788. The van der Waals surface area contributed by atoms with Gasteiger partial charge in [-0.1, -0.05) is 0 Å². The lowest BCUT2D eigenvalue weighted by atomic mass is 10.1. The fraction of sp³-hybridized carbons (Fsp3) is 0.200. The van der Waals surface area contributed by atoms with Crippen LogP contribution in [0.4, 0.5) is 0 Å². The Bertz CT molecular complexity index is 398. The van der Waals surface area contributed by atoms with Crippen LogP contribution >= 0.6 is 0 Å². The highest BCUT2D eigenvalue weighted by molar-refractivity contribution is 5.57. The standard InChI is InChI=1S/C10H11N3O/c11-3-1-8-7-12-4-2-9(8)10-13-5-6-14-10/h2,4-7H,1,3,11H2. The number of rotatable bonds is 3. The molecule has 2 aromatic heterocycles. The van der Waals surface area contributed by atoms with Crippen molar-refractivity contribution in [2.45, 2.75) is 6.42 Å². The van der Waals surface area contributed by atoms with E-state index in [1.807, 2.05) is 6.07 Å². The number of hydrogen-bond donors (Lipinski definition) is 1. The molecule has 0 spiro atoms. The summed E-state index contributed by atoms with van der Waals surface area (Å²) in [5.41, 5.74) is 7.54. The van der Waals surface area contributed by atoms with E-state index in [2.05, 4.69) is 9.97 Å². The van der Waals surface area contributed by atoms with Gasteiger partial charge in [0.05, 0.1) is 6.20 Å². The number of aromatic nitrogens is 2. The molecule has 0 saturated heterocycles. The molecule has 0 atom stereocenters. The Kier molecular flexibility index (Phi) is 2.55. The van der Waals surface area contributed by atoms with Gasteiger partial charge in [0.2, 0.25) is 5.89 Å². The van der Waals surface area contributed by atoms with E-state index in [4.69, 9.17) is 10.2 Å². The Labute approximate surface area is 81.8 Å². The molecule has 0 amide bonds. The van der Waals surface area contributed by atoms with E-state index in [0.717, 1.165) is 17.5 Å². The summed E-state index contributed by atoms with van der Waals surface area (Å²) in [4.78, 5) is 8.14. The lowest BCUT2D eigenvalue weighted by Crippen LogP contribution is -2.04. The van der Waals surface area contributed by atoms with Crippen LogP contribution in [-0.2, 0) is 6.42 Å². The van der Waals surface area contributed by atoms with Crippen LogP contribution in [0.3, 0.4) is 0 Å². The smallest absolute Gasteiger partial charge is 0.226 e. The van der Waals surface area contributed by atoms with Gasteiger partial charge in [-0.25, -0.2) is 4.98 Å². The predicted molar refractivity (Wildman–Crippen MR) is 52.5 cm³/mol. The molecule has 0 saturated carbocycles. The number of oxazole rings is 1. The van der Waals surface area contributed by atoms with Crippen LogP contribution < -0.4 is 5.73 Å². The van der Waals surface area contributed by atoms with Gasteiger partial charge in [-0.2, -0.15) is 0 Å². The van der Waals surface area contributed by atoms with Crippen molar-refractivity contribution in [2.75, 3.05) is 6.54 Å². The first-order chi connectivity index (χ1) is 6.92. The lowest BCUT2D eigenvalue weighted by Gasteiger charge is -2.03. The molecular weight excluding hydrogens is 178 g/mol. The summed E-state index contributed by atoms with van der Waals surface area (Å²) in [6.07, 6.45) is 7.49. The maximum Gasteiger partial charge on any atom is 0.226 e. The molecule has 72 valence electrons. The molecule has 2 rings (SSSR count). The van der Waals surface area contributed by atoms with Gasteiger partial charge in [0.1, 0.15) is 6.26 Å². The first-order valence-corrected chi connectivity index (χ1v) is 4.44. The molecule has 0 aliphatic rings. The highest BCUT2D eigenvalue weighted by Crippen LogP contribution is 2.20. The van der Waals surface area contributed by atoms with Gasteiger partial charge in [0.15, 0.2) is 0 Å². The van der Waals surface area contributed by atoms with Gasteiger partial charge >= 0.3 is 0 Å². The first kappa shape index (κ1) is 8.90. The minimum Gasteiger partial charge on any atom is -0.445 e. The zero-order valence-electron chi connectivity index (χ0n) is 7.68. The van der Waals surface area contributed by atoms with E-state index < -0.39 is 0 Å². The molecule has 0 fully saturated rings. The van der Waals surface area contributed by atoms with Crippen molar-refractivity contribution in [2.24, 2.45) is 5.73 Å². The van der Waals surface area contributed by atoms with E-state index in [1.54, 1.807) is 24.9 Å². The fourth-order valence-corrected chi connectivity index (χ4v) is 1.35. The summed E-state index contributed by atoms with van der Waals surface area (Å²) in [5, 5.41) is 0. The molecule has 0 bridgehead atoms. The summed E-state index contributed by atoms with van der Waals surface area (Å²) < 4.78 is 5.23. The third kappa shape index (κ3) is 1.65. The Morgan fingerprint density at radius 2 is 2.29 bits per heavy atom. The highest BCUT2D eigenvalue weighted by atomic mass is 16.3. The molecule has 0 radical (unpaired) electrons. The first-order valence-electron chi connectivity index (χ1n) is 4.44. The van der Waals surface area contributed by atoms with Crippen LogP contribution in [0, 0.1) is 0 Å². The van der Waals surface area contributed by atoms with Crippen molar-refractivity contribution < 1.29 is 4.42 Å². The van der Waals surface area contributed by atoms with Crippen molar-refractivity contribution in [3.05, 3.63) is 36.5 Å². The van der Waals surface area contributed by atoms with Crippen LogP contribution in [0.5, 0.6) is 0 Å². The molecule has 0 aromatic carbocycles. The number of hydrogen-bond acceptors (Lipinski definition) is 4. The van der Waals surface area contributed by atoms with Crippen LogP contribution in [0.15, 0.2) is 35.3 Å². The maximum absolute atomic E-state index is 5.50. The van der Waals surface area contributed by atoms with Gasteiger partial charge in [-0.3, -0.25) is 4.98 Å².